The molecule has 2 rings (SSSR count). The van der Waals surface area contributed by atoms with Crippen LogP contribution in [0.3, 0.4) is 0 Å². The highest BCUT2D eigenvalue weighted by Gasteiger charge is 2.22. The van der Waals surface area contributed by atoms with Gasteiger partial charge in [-0.05, 0) is 24.6 Å². The second-order valence-corrected chi connectivity index (χ2v) is 5.22. The van der Waals surface area contributed by atoms with Crippen molar-refractivity contribution in [2.24, 2.45) is 0 Å². The van der Waals surface area contributed by atoms with Crippen molar-refractivity contribution < 1.29 is 9.53 Å². The number of carbonyl (C=O) groups is 1. The largest absolute Gasteiger partial charge is 0.450 e. The number of rotatable bonds is 3. The van der Waals surface area contributed by atoms with Gasteiger partial charge in [0.1, 0.15) is 0 Å². The maximum absolute atomic E-state index is 11.6. The predicted molar refractivity (Wildman–Crippen MR) is 79.7 cm³/mol. The summed E-state index contributed by atoms with van der Waals surface area (Å²) in [5.41, 5.74) is 7.42. The first kappa shape index (κ1) is 14.9. The van der Waals surface area contributed by atoms with Crippen LogP contribution in [0.4, 0.5) is 10.5 Å². The fourth-order valence-electron chi connectivity index (χ4n) is 2.24. The quantitative estimate of drug-likeness (QED) is 0.869. The Hall–Kier alpha value is -1.46. The molecule has 0 aliphatic carbocycles. The number of ether oxygens (including phenoxy) is 1. The number of anilines is 1. The van der Waals surface area contributed by atoms with Gasteiger partial charge in [0.05, 0.1) is 6.61 Å². The van der Waals surface area contributed by atoms with Crippen molar-refractivity contribution in [1.29, 1.82) is 0 Å². The van der Waals surface area contributed by atoms with Crippen molar-refractivity contribution >= 4 is 23.4 Å². The van der Waals surface area contributed by atoms with E-state index in [-0.39, 0.29) is 6.09 Å². The number of hydrogen-bond donors (Lipinski definition) is 1. The van der Waals surface area contributed by atoms with Crippen LogP contribution >= 0.6 is 11.6 Å². The van der Waals surface area contributed by atoms with Gasteiger partial charge in [-0.2, -0.15) is 0 Å². The number of halogens is 1. The van der Waals surface area contributed by atoms with Crippen LogP contribution in [0.15, 0.2) is 18.2 Å². The molecule has 1 aliphatic rings. The lowest BCUT2D eigenvalue weighted by Gasteiger charge is -2.34. The normalized spacial score (nSPS) is 16.2. The van der Waals surface area contributed by atoms with Gasteiger partial charge in [0.2, 0.25) is 0 Å². The highest BCUT2D eigenvalue weighted by molar-refractivity contribution is 6.31. The van der Waals surface area contributed by atoms with Crippen molar-refractivity contribution in [3.63, 3.8) is 0 Å². The van der Waals surface area contributed by atoms with E-state index in [2.05, 4.69) is 4.90 Å². The highest BCUT2D eigenvalue weighted by atomic mass is 35.5. The summed E-state index contributed by atoms with van der Waals surface area (Å²) in [6.45, 7) is 6.02. The Labute approximate surface area is 124 Å². The maximum atomic E-state index is 11.6. The van der Waals surface area contributed by atoms with Gasteiger partial charge in [0.15, 0.2) is 0 Å². The molecule has 1 aromatic carbocycles. The molecule has 1 aromatic rings. The third-order valence-electron chi connectivity index (χ3n) is 3.37. The number of amides is 1. The SMILES string of the molecule is CCOC(=O)N1CCN(Cc2ccc(N)cc2Cl)CC1. The summed E-state index contributed by atoms with van der Waals surface area (Å²) in [6.07, 6.45) is -0.224. The molecule has 1 fully saturated rings. The number of carbonyl (C=O) groups excluding carboxylic acids is 1. The summed E-state index contributed by atoms with van der Waals surface area (Å²) in [7, 11) is 0. The second kappa shape index (κ2) is 6.81. The van der Waals surface area contributed by atoms with E-state index in [9.17, 15) is 4.79 Å². The van der Waals surface area contributed by atoms with Crippen LogP contribution in [0, 0.1) is 0 Å². The van der Waals surface area contributed by atoms with E-state index < -0.39 is 0 Å². The first-order chi connectivity index (χ1) is 9.60. The molecular weight excluding hydrogens is 278 g/mol. The van der Waals surface area contributed by atoms with Crippen LogP contribution in [-0.2, 0) is 11.3 Å². The Morgan fingerprint density at radius 2 is 2.05 bits per heavy atom. The van der Waals surface area contributed by atoms with Gasteiger partial charge >= 0.3 is 6.09 Å². The fourth-order valence-corrected chi connectivity index (χ4v) is 2.48. The second-order valence-electron chi connectivity index (χ2n) is 4.81. The van der Waals surface area contributed by atoms with Crippen LogP contribution in [0.1, 0.15) is 12.5 Å². The topological polar surface area (TPSA) is 58.8 Å². The summed E-state index contributed by atoms with van der Waals surface area (Å²) in [6, 6.07) is 5.58. The standard InChI is InChI=1S/C14H20ClN3O2/c1-2-20-14(19)18-7-5-17(6-8-18)10-11-3-4-12(16)9-13(11)15/h3-4,9H,2,5-8,10,16H2,1H3. The molecular formula is C14H20ClN3O2. The molecule has 2 N–H and O–H groups in total. The lowest BCUT2D eigenvalue weighted by molar-refractivity contribution is 0.0778. The minimum Gasteiger partial charge on any atom is -0.450 e. The molecule has 6 heteroatoms. The molecule has 0 bridgehead atoms. The van der Waals surface area contributed by atoms with Gasteiger partial charge in [-0.3, -0.25) is 4.90 Å². The molecule has 0 aromatic heterocycles. The number of hydrogen-bond acceptors (Lipinski definition) is 4. The van der Waals surface area contributed by atoms with E-state index in [1.807, 2.05) is 19.1 Å². The number of piperazine rings is 1. The Kier molecular flexibility index (Phi) is 5.09. The average Bonchev–Trinajstić information content (AvgIpc) is 2.43. The van der Waals surface area contributed by atoms with Crippen molar-refractivity contribution in [1.82, 2.24) is 9.80 Å². The van der Waals surface area contributed by atoms with E-state index in [1.54, 1.807) is 11.0 Å². The monoisotopic (exact) mass is 297 g/mol. The minimum atomic E-state index is -0.224. The molecule has 1 aliphatic heterocycles. The number of nitrogens with two attached hydrogens (primary N) is 1. The van der Waals surface area contributed by atoms with E-state index in [0.29, 0.717) is 30.4 Å². The van der Waals surface area contributed by atoms with Crippen molar-refractivity contribution in [2.45, 2.75) is 13.5 Å². The van der Waals surface area contributed by atoms with E-state index in [1.165, 1.54) is 0 Å². The van der Waals surface area contributed by atoms with Crippen LogP contribution in [0.25, 0.3) is 0 Å². The lowest BCUT2D eigenvalue weighted by atomic mass is 10.2. The zero-order valence-corrected chi connectivity index (χ0v) is 12.4. The zero-order valence-electron chi connectivity index (χ0n) is 11.6. The Morgan fingerprint density at radius 3 is 2.65 bits per heavy atom. The van der Waals surface area contributed by atoms with E-state index in [0.717, 1.165) is 25.2 Å². The Morgan fingerprint density at radius 1 is 1.35 bits per heavy atom. The van der Waals surface area contributed by atoms with Gasteiger partial charge in [-0.25, -0.2) is 4.79 Å². The zero-order chi connectivity index (χ0) is 14.5. The molecule has 0 unspecified atom stereocenters. The van der Waals surface area contributed by atoms with Crippen LogP contribution in [-0.4, -0.2) is 48.7 Å². The summed E-state index contributed by atoms with van der Waals surface area (Å²) in [5, 5.41) is 0.692. The maximum Gasteiger partial charge on any atom is 0.409 e. The predicted octanol–water partition coefficient (Wildman–Crippen LogP) is 2.20. The van der Waals surface area contributed by atoms with Gasteiger partial charge in [-0.1, -0.05) is 17.7 Å². The molecule has 20 heavy (non-hydrogen) atoms. The van der Waals surface area contributed by atoms with Crippen molar-refractivity contribution in [3.8, 4) is 0 Å². The smallest absolute Gasteiger partial charge is 0.409 e. The fraction of sp³-hybridized carbons (Fsp3) is 0.500. The molecule has 0 radical (unpaired) electrons. The molecule has 1 amide bonds. The molecule has 5 nitrogen and oxygen atoms in total. The number of nitrogens with zero attached hydrogens (tertiary/aromatic N) is 2. The number of benzene rings is 1. The molecule has 1 heterocycles. The molecule has 1 saturated heterocycles. The van der Waals surface area contributed by atoms with E-state index >= 15 is 0 Å². The molecule has 0 spiro atoms. The Bertz CT molecular complexity index is 473. The van der Waals surface area contributed by atoms with Gasteiger partial charge in [0.25, 0.3) is 0 Å². The van der Waals surface area contributed by atoms with Crippen LogP contribution < -0.4 is 5.73 Å². The van der Waals surface area contributed by atoms with Gasteiger partial charge < -0.3 is 15.4 Å². The van der Waals surface area contributed by atoms with Crippen molar-refractivity contribution in [3.05, 3.63) is 28.8 Å². The van der Waals surface area contributed by atoms with E-state index in [4.69, 9.17) is 22.1 Å². The highest BCUT2D eigenvalue weighted by Crippen LogP contribution is 2.21. The number of nitrogen functional groups attached to an aromatic ring is 1. The minimum absolute atomic E-state index is 0.224. The first-order valence-electron chi connectivity index (χ1n) is 6.78. The van der Waals surface area contributed by atoms with Crippen molar-refractivity contribution in [2.75, 3.05) is 38.5 Å². The van der Waals surface area contributed by atoms with Gasteiger partial charge in [-0.15, -0.1) is 0 Å². The lowest BCUT2D eigenvalue weighted by Crippen LogP contribution is -2.48. The van der Waals surface area contributed by atoms with Gasteiger partial charge in [0, 0.05) is 43.4 Å². The molecule has 0 saturated carbocycles. The molecule has 110 valence electrons. The summed E-state index contributed by atoms with van der Waals surface area (Å²) < 4.78 is 5.00. The first-order valence-corrected chi connectivity index (χ1v) is 7.16. The summed E-state index contributed by atoms with van der Waals surface area (Å²) >= 11 is 6.18. The third kappa shape index (κ3) is 3.77. The molecule has 0 atom stereocenters. The van der Waals surface area contributed by atoms with Crippen LogP contribution in [0.5, 0.6) is 0 Å². The van der Waals surface area contributed by atoms with Crippen LogP contribution in [0.2, 0.25) is 5.02 Å². The summed E-state index contributed by atoms with van der Waals surface area (Å²) in [5.74, 6) is 0. The third-order valence-corrected chi connectivity index (χ3v) is 3.72. The summed E-state index contributed by atoms with van der Waals surface area (Å²) in [4.78, 5) is 15.6. The average molecular weight is 298 g/mol. The Balaban J connectivity index is 1.86.